The average molecular weight is 448 g/mol. The molecule has 0 aromatic heterocycles. The number of carbonyl (C=O) groups excluding carboxylic acids is 2. The summed E-state index contributed by atoms with van der Waals surface area (Å²) >= 11 is 0.963. The van der Waals surface area contributed by atoms with Crippen molar-refractivity contribution in [2.45, 2.75) is 33.4 Å². The quantitative estimate of drug-likeness (QED) is 0.400. The van der Waals surface area contributed by atoms with Crippen LogP contribution in [-0.2, 0) is 11.4 Å². The number of benzene rings is 3. The molecule has 3 aromatic rings. The van der Waals surface area contributed by atoms with Gasteiger partial charge >= 0.3 is 0 Å². The Bertz CT molecular complexity index is 1200. The van der Waals surface area contributed by atoms with Crippen LogP contribution in [0.1, 0.15) is 31.9 Å². The van der Waals surface area contributed by atoms with Crippen molar-refractivity contribution in [3.05, 3.63) is 76.7 Å². The second-order valence-electron chi connectivity index (χ2n) is 7.71. The van der Waals surface area contributed by atoms with E-state index in [4.69, 9.17) is 9.47 Å². The topological polar surface area (TPSA) is 55.8 Å². The molecule has 164 valence electrons. The molecule has 32 heavy (non-hydrogen) atoms. The molecule has 3 aromatic carbocycles. The van der Waals surface area contributed by atoms with E-state index in [0.29, 0.717) is 29.6 Å². The fourth-order valence-corrected chi connectivity index (χ4v) is 4.61. The van der Waals surface area contributed by atoms with Gasteiger partial charge in [-0.2, -0.15) is 0 Å². The number of rotatable bonds is 7. The van der Waals surface area contributed by atoms with Crippen LogP contribution in [0, 0.1) is 0 Å². The van der Waals surface area contributed by atoms with Crippen LogP contribution in [0.25, 0.3) is 16.8 Å². The van der Waals surface area contributed by atoms with E-state index in [1.54, 1.807) is 6.08 Å². The molecule has 4 rings (SSSR count). The molecular formula is C26H25NO4S. The highest BCUT2D eigenvalue weighted by Gasteiger charge is 2.36. The molecule has 6 heteroatoms. The summed E-state index contributed by atoms with van der Waals surface area (Å²) < 4.78 is 11.9. The molecule has 1 aliphatic heterocycles. The fourth-order valence-electron chi connectivity index (χ4n) is 3.65. The summed E-state index contributed by atoms with van der Waals surface area (Å²) in [7, 11) is 0. The Balaban J connectivity index is 1.57. The third kappa shape index (κ3) is 4.50. The Hall–Kier alpha value is -3.25. The highest BCUT2D eigenvalue weighted by atomic mass is 32.2. The van der Waals surface area contributed by atoms with Crippen molar-refractivity contribution in [1.29, 1.82) is 0 Å². The van der Waals surface area contributed by atoms with Gasteiger partial charge in [-0.1, -0.05) is 48.5 Å². The van der Waals surface area contributed by atoms with Crippen molar-refractivity contribution in [2.24, 2.45) is 0 Å². The maximum Gasteiger partial charge on any atom is 0.293 e. The summed E-state index contributed by atoms with van der Waals surface area (Å²) in [6.45, 7) is 6.46. The highest BCUT2D eigenvalue weighted by molar-refractivity contribution is 8.18. The van der Waals surface area contributed by atoms with Crippen molar-refractivity contribution in [2.75, 3.05) is 6.61 Å². The van der Waals surface area contributed by atoms with E-state index in [1.165, 1.54) is 10.3 Å². The molecule has 1 saturated heterocycles. The first-order chi connectivity index (χ1) is 15.5. The van der Waals surface area contributed by atoms with Gasteiger partial charge in [0.25, 0.3) is 11.1 Å². The molecule has 1 aliphatic rings. The monoisotopic (exact) mass is 447 g/mol. The van der Waals surface area contributed by atoms with E-state index >= 15 is 0 Å². The predicted molar refractivity (Wildman–Crippen MR) is 129 cm³/mol. The molecule has 2 amide bonds. The number of fused-ring (bicyclic) bond motifs is 1. The highest BCUT2D eigenvalue weighted by Crippen LogP contribution is 2.36. The number of hydrogen-bond donors (Lipinski definition) is 0. The minimum Gasteiger partial charge on any atom is -0.490 e. The number of thioether (sulfide) groups is 1. The molecule has 0 bridgehead atoms. The van der Waals surface area contributed by atoms with E-state index in [0.717, 1.165) is 28.3 Å². The lowest BCUT2D eigenvalue weighted by Gasteiger charge is -2.16. The second-order valence-corrected chi connectivity index (χ2v) is 8.70. The van der Waals surface area contributed by atoms with Crippen LogP contribution in [0.3, 0.4) is 0 Å². The predicted octanol–water partition coefficient (Wildman–Crippen LogP) is 6.26. The summed E-state index contributed by atoms with van der Waals surface area (Å²) in [6.07, 6.45) is 1.73. The Kier molecular flexibility index (Phi) is 6.51. The lowest BCUT2D eigenvalue weighted by molar-refractivity contribution is -0.123. The SMILES string of the molecule is CCOc1cc(/C=C2\SC(=O)N(C(C)C)C2=O)ccc1OCc1cccc2ccccc12. The van der Waals surface area contributed by atoms with Gasteiger partial charge in [-0.15, -0.1) is 0 Å². The first-order valence-corrected chi connectivity index (χ1v) is 11.4. The van der Waals surface area contributed by atoms with Crippen molar-refractivity contribution in [3.8, 4) is 11.5 Å². The van der Waals surface area contributed by atoms with Crippen LogP contribution in [0.5, 0.6) is 11.5 Å². The molecule has 0 saturated carbocycles. The number of imide groups is 1. The number of nitrogens with zero attached hydrogens (tertiary/aromatic N) is 1. The standard InChI is InChI=1S/C26H25NO4S/c1-4-30-23-14-18(15-24-25(28)27(17(2)3)26(29)32-24)12-13-22(23)31-16-20-10-7-9-19-8-5-6-11-21(19)20/h5-15,17H,4,16H2,1-3H3/b24-15-. The van der Waals surface area contributed by atoms with Gasteiger partial charge in [-0.25, -0.2) is 0 Å². The van der Waals surface area contributed by atoms with E-state index < -0.39 is 0 Å². The largest absolute Gasteiger partial charge is 0.490 e. The van der Waals surface area contributed by atoms with Gasteiger partial charge < -0.3 is 9.47 Å². The number of amides is 2. The Morgan fingerprint density at radius 1 is 0.969 bits per heavy atom. The summed E-state index contributed by atoms with van der Waals surface area (Å²) in [4.78, 5) is 26.4. The van der Waals surface area contributed by atoms with Gasteiger partial charge in [0.15, 0.2) is 11.5 Å². The summed E-state index contributed by atoms with van der Waals surface area (Å²) in [5.41, 5.74) is 1.87. The minimum absolute atomic E-state index is 0.169. The zero-order valence-corrected chi connectivity index (χ0v) is 19.1. The van der Waals surface area contributed by atoms with Gasteiger partial charge in [-0.05, 0) is 72.6 Å². The zero-order chi connectivity index (χ0) is 22.7. The third-order valence-electron chi connectivity index (χ3n) is 5.17. The first-order valence-electron chi connectivity index (χ1n) is 10.6. The maximum absolute atomic E-state index is 12.6. The van der Waals surface area contributed by atoms with Crippen LogP contribution >= 0.6 is 11.8 Å². The number of hydrogen-bond acceptors (Lipinski definition) is 5. The molecular weight excluding hydrogens is 422 g/mol. The Labute approximate surface area is 192 Å². The van der Waals surface area contributed by atoms with Gasteiger partial charge in [0, 0.05) is 6.04 Å². The Morgan fingerprint density at radius 3 is 2.50 bits per heavy atom. The molecule has 0 spiro atoms. The van der Waals surface area contributed by atoms with E-state index in [9.17, 15) is 9.59 Å². The molecule has 0 radical (unpaired) electrons. The molecule has 5 nitrogen and oxygen atoms in total. The van der Waals surface area contributed by atoms with E-state index in [2.05, 4.69) is 24.3 Å². The van der Waals surface area contributed by atoms with E-state index in [-0.39, 0.29) is 17.2 Å². The average Bonchev–Trinajstić information content (AvgIpc) is 3.06. The maximum atomic E-state index is 12.6. The smallest absolute Gasteiger partial charge is 0.293 e. The van der Waals surface area contributed by atoms with E-state index in [1.807, 2.05) is 57.2 Å². The third-order valence-corrected chi connectivity index (χ3v) is 6.05. The minimum atomic E-state index is -0.260. The van der Waals surface area contributed by atoms with Crippen molar-refractivity contribution < 1.29 is 19.1 Å². The number of ether oxygens (including phenoxy) is 2. The molecule has 1 fully saturated rings. The van der Waals surface area contributed by atoms with Gasteiger partial charge in [0.1, 0.15) is 6.61 Å². The summed E-state index contributed by atoms with van der Waals surface area (Å²) in [6, 6.07) is 19.8. The lowest BCUT2D eigenvalue weighted by Crippen LogP contribution is -2.34. The van der Waals surface area contributed by atoms with Crippen LogP contribution in [0.2, 0.25) is 0 Å². The fraction of sp³-hybridized carbons (Fsp3) is 0.231. The molecule has 0 aliphatic carbocycles. The van der Waals surface area contributed by atoms with Gasteiger partial charge in [0.05, 0.1) is 11.5 Å². The van der Waals surface area contributed by atoms with Crippen molar-refractivity contribution >= 4 is 39.8 Å². The first kappa shape index (κ1) is 22.0. The van der Waals surface area contributed by atoms with Crippen molar-refractivity contribution in [3.63, 3.8) is 0 Å². The number of carbonyl (C=O) groups is 2. The van der Waals surface area contributed by atoms with Crippen LogP contribution < -0.4 is 9.47 Å². The molecule has 0 unspecified atom stereocenters. The molecule has 0 N–H and O–H groups in total. The van der Waals surface area contributed by atoms with Crippen LogP contribution in [-0.4, -0.2) is 28.7 Å². The second kappa shape index (κ2) is 9.49. The molecule has 0 atom stereocenters. The normalized spacial score (nSPS) is 15.2. The molecule has 1 heterocycles. The van der Waals surface area contributed by atoms with Crippen LogP contribution in [0.15, 0.2) is 65.6 Å². The Morgan fingerprint density at radius 2 is 1.75 bits per heavy atom. The van der Waals surface area contributed by atoms with Gasteiger partial charge in [-0.3, -0.25) is 14.5 Å². The van der Waals surface area contributed by atoms with Gasteiger partial charge in [0.2, 0.25) is 0 Å². The van der Waals surface area contributed by atoms with Crippen molar-refractivity contribution in [1.82, 2.24) is 4.90 Å². The summed E-state index contributed by atoms with van der Waals surface area (Å²) in [5.74, 6) is 0.973. The summed E-state index contributed by atoms with van der Waals surface area (Å²) in [5, 5.41) is 2.09. The van der Waals surface area contributed by atoms with Crippen LogP contribution in [0.4, 0.5) is 4.79 Å². The lowest BCUT2D eigenvalue weighted by atomic mass is 10.1. The zero-order valence-electron chi connectivity index (χ0n) is 18.3.